The Bertz CT molecular complexity index is 1280. The summed E-state index contributed by atoms with van der Waals surface area (Å²) in [7, 11) is 0. The van der Waals surface area contributed by atoms with Gasteiger partial charge in [-0.3, -0.25) is 19.0 Å². The molecule has 2 aliphatic heterocycles. The zero-order chi connectivity index (χ0) is 21.7. The van der Waals surface area contributed by atoms with Crippen LogP contribution in [0.1, 0.15) is 56.2 Å². The van der Waals surface area contributed by atoms with Crippen LogP contribution < -0.4 is 10.9 Å². The maximum absolute atomic E-state index is 13.1. The first-order valence-electron chi connectivity index (χ1n) is 10.7. The van der Waals surface area contributed by atoms with Gasteiger partial charge in [0.25, 0.3) is 17.4 Å². The molecule has 0 atom stereocenters. The van der Waals surface area contributed by atoms with E-state index in [0.717, 1.165) is 50.2 Å². The Kier molecular flexibility index (Phi) is 4.89. The average Bonchev–Trinajstić information content (AvgIpc) is 3.49. The average molecular weight is 437 g/mol. The van der Waals surface area contributed by atoms with Crippen LogP contribution in [0.2, 0.25) is 0 Å². The Hall–Kier alpha value is -3.00. The fraction of sp³-hybridized carbons (Fsp3) is 0.391. The van der Waals surface area contributed by atoms with E-state index in [1.165, 1.54) is 11.3 Å². The van der Waals surface area contributed by atoms with Gasteiger partial charge >= 0.3 is 0 Å². The van der Waals surface area contributed by atoms with Crippen LogP contribution in [0.5, 0.6) is 0 Å². The number of anilines is 1. The van der Waals surface area contributed by atoms with Gasteiger partial charge in [-0.1, -0.05) is 6.07 Å². The van der Waals surface area contributed by atoms with E-state index >= 15 is 0 Å². The Morgan fingerprint density at radius 1 is 1.06 bits per heavy atom. The second-order valence-electron chi connectivity index (χ2n) is 8.26. The minimum Gasteiger partial charge on any atom is -0.339 e. The summed E-state index contributed by atoms with van der Waals surface area (Å²) in [5.41, 5.74) is 2.59. The normalized spacial score (nSPS) is 15.5. The van der Waals surface area contributed by atoms with Gasteiger partial charge in [0.1, 0.15) is 10.7 Å². The van der Waals surface area contributed by atoms with E-state index in [1.54, 1.807) is 23.6 Å². The van der Waals surface area contributed by atoms with Crippen LogP contribution >= 0.6 is 11.3 Å². The van der Waals surface area contributed by atoms with Crippen LogP contribution in [0.25, 0.3) is 10.2 Å². The number of benzene rings is 1. The number of carbonyl (C=O) groups excluding carboxylic acids is 2. The van der Waals surface area contributed by atoms with Gasteiger partial charge in [0.05, 0.1) is 10.3 Å². The fourth-order valence-electron chi connectivity index (χ4n) is 4.56. The molecule has 2 aromatic heterocycles. The van der Waals surface area contributed by atoms with E-state index in [4.69, 9.17) is 0 Å². The molecule has 1 N–H and O–H groups in total. The lowest BCUT2D eigenvalue weighted by Gasteiger charge is -2.18. The summed E-state index contributed by atoms with van der Waals surface area (Å²) in [6.07, 6.45) is 3.78. The van der Waals surface area contributed by atoms with E-state index < -0.39 is 0 Å². The van der Waals surface area contributed by atoms with Crippen molar-refractivity contribution in [3.63, 3.8) is 0 Å². The van der Waals surface area contributed by atoms with Gasteiger partial charge < -0.3 is 10.2 Å². The molecule has 0 saturated carbocycles. The number of hydrogen-bond acceptors (Lipinski definition) is 5. The number of likely N-dealkylation sites (tertiary alicyclic amines) is 1. The summed E-state index contributed by atoms with van der Waals surface area (Å²) in [6, 6.07) is 5.41. The third kappa shape index (κ3) is 3.26. The van der Waals surface area contributed by atoms with Gasteiger partial charge in [-0.05, 0) is 56.4 Å². The van der Waals surface area contributed by atoms with Crippen LogP contribution in [-0.2, 0) is 13.0 Å². The van der Waals surface area contributed by atoms with Crippen molar-refractivity contribution in [3.8, 4) is 0 Å². The summed E-state index contributed by atoms with van der Waals surface area (Å²) >= 11 is 1.26. The predicted molar refractivity (Wildman–Crippen MR) is 121 cm³/mol. The van der Waals surface area contributed by atoms with Crippen molar-refractivity contribution in [2.45, 2.75) is 46.1 Å². The molecule has 0 radical (unpaired) electrons. The third-order valence-corrected chi connectivity index (χ3v) is 7.51. The van der Waals surface area contributed by atoms with Gasteiger partial charge in [-0.25, -0.2) is 4.98 Å². The second kappa shape index (κ2) is 7.60. The molecular weight excluding hydrogens is 412 g/mol. The summed E-state index contributed by atoms with van der Waals surface area (Å²) in [5.74, 6) is 0.532. The topological polar surface area (TPSA) is 84.3 Å². The molecule has 4 heterocycles. The van der Waals surface area contributed by atoms with Gasteiger partial charge in [0.2, 0.25) is 0 Å². The number of aromatic nitrogens is 2. The molecule has 0 spiro atoms. The predicted octanol–water partition coefficient (Wildman–Crippen LogP) is 3.51. The molecule has 0 bridgehead atoms. The van der Waals surface area contributed by atoms with Crippen molar-refractivity contribution >= 4 is 39.1 Å². The minimum atomic E-state index is -0.279. The fourth-order valence-corrected chi connectivity index (χ4v) is 5.65. The van der Waals surface area contributed by atoms with Gasteiger partial charge in [0, 0.05) is 37.3 Å². The van der Waals surface area contributed by atoms with E-state index in [9.17, 15) is 14.4 Å². The number of amides is 2. The number of rotatable bonds is 3. The first-order chi connectivity index (χ1) is 15.0. The molecule has 5 rings (SSSR count). The molecule has 1 fully saturated rings. The lowest BCUT2D eigenvalue weighted by atomic mass is 10.1. The summed E-state index contributed by atoms with van der Waals surface area (Å²) in [4.78, 5) is 46.5. The smallest absolute Gasteiger partial charge is 0.266 e. The zero-order valence-electron chi connectivity index (χ0n) is 17.7. The maximum atomic E-state index is 13.1. The molecule has 3 aromatic rings. The number of thiophene rings is 1. The van der Waals surface area contributed by atoms with E-state index in [1.807, 2.05) is 17.9 Å². The summed E-state index contributed by atoms with van der Waals surface area (Å²) in [5, 5.41) is 3.49. The monoisotopic (exact) mass is 436 g/mol. The number of nitrogens with one attached hydrogen (secondary N) is 1. The first-order valence-corrected chi connectivity index (χ1v) is 11.5. The van der Waals surface area contributed by atoms with Crippen molar-refractivity contribution in [2.75, 3.05) is 18.4 Å². The minimum absolute atomic E-state index is 0.0101. The number of nitrogens with zero attached hydrogens (tertiary/aromatic N) is 3. The molecule has 160 valence electrons. The van der Waals surface area contributed by atoms with Crippen molar-refractivity contribution in [3.05, 3.63) is 55.9 Å². The van der Waals surface area contributed by atoms with Crippen molar-refractivity contribution in [2.24, 2.45) is 0 Å². The van der Waals surface area contributed by atoms with Gasteiger partial charge in [-0.15, -0.1) is 11.3 Å². The Morgan fingerprint density at radius 2 is 1.84 bits per heavy atom. The van der Waals surface area contributed by atoms with E-state index in [2.05, 4.69) is 10.3 Å². The molecule has 2 amide bonds. The number of aryl methyl sites for hydroxylation is 2. The van der Waals surface area contributed by atoms with Crippen LogP contribution in [0.15, 0.2) is 23.0 Å². The molecule has 1 saturated heterocycles. The molecule has 2 aliphatic rings. The number of fused-ring (bicyclic) bond motifs is 2. The Labute approximate surface area is 183 Å². The largest absolute Gasteiger partial charge is 0.339 e. The quantitative estimate of drug-likeness (QED) is 0.681. The third-order valence-electron chi connectivity index (χ3n) is 6.32. The van der Waals surface area contributed by atoms with E-state index in [-0.39, 0.29) is 17.4 Å². The molecule has 1 aromatic carbocycles. The summed E-state index contributed by atoms with van der Waals surface area (Å²) < 4.78 is 1.72. The van der Waals surface area contributed by atoms with Crippen molar-refractivity contribution in [1.82, 2.24) is 14.5 Å². The van der Waals surface area contributed by atoms with E-state index in [0.29, 0.717) is 38.5 Å². The summed E-state index contributed by atoms with van der Waals surface area (Å²) in [6.45, 7) is 5.91. The molecular formula is C23H24N4O3S. The van der Waals surface area contributed by atoms with Crippen LogP contribution in [0.4, 0.5) is 5.69 Å². The van der Waals surface area contributed by atoms with Crippen molar-refractivity contribution < 1.29 is 9.59 Å². The second-order valence-corrected chi connectivity index (χ2v) is 9.26. The zero-order valence-corrected chi connectivity index (χ0v) is 18.5. The molecule has 7 nitrogen and oxygen atoms in total. The van der Waals surface area contributed by atoms with Crippen LogP contribution in [0.3, 0.4) is 0 Å². The first kappa shape index (κ1) is 19.9. The molecule has 0 aliphatic carbocycles. The Morgan fingerprint density at radius 3 is 2.61 bits per heavy atom. The number of carbonyl (C=O) groups is 2. The maximum Gasteiger partial charge on any atom is 0.266 e. The lowest BCUT2D eigenvalue weighted by molar-refractivity contribution is 0.0791. The number of hydrogen-bond donors (Lipinski definition) is 1. The highest BCUT2D eigenvalue weighted by Crippen LogP contribution is 2.30. The highest BCUT2D eigenvalue weighted by molar-refractivity contribution is 7.20. The molecule has 8 heteroatoms. The standard InChI is InChI=1S/C23H24N4O3S/c1-13-15(22(29)26-10-3-4-11-26)7-5-8-16(13)24-20(28)19-14(2)18-21(31-19)25-17-9-6-12-27(17)23(18)30/h5,7-8H,3-4,6,9-12H2,1-2H3,(H,24,28). The van der Waals surface area contributed by atoms with Crippen LogP contribution in [-0.4, -0.2) is 39.4 Å². The SMILES string of the molecule is Cc1c(NC(=O)c2sc3nc4n(c(=O)c3c2C)CCC4)cccc1C(=O)N1CCCC1. The molecule has 0 unspecified atom stereocenters. The molecule has 31 heavy (non-hydrogen) atoms. The highest BCUT2D eigenvalue weighted by atomic mass is 32.1. The van der Waals surface area contributed by atoms with Crippen LogP contribution in [0, 0.1) is 13.8 Å². The Balaban J connectivity index is 1.47. The van der Waals surface area contributed by atoms with Gasteiger partial charge in [-0.2, -0.15) is 0 Å². The lowest BCUT2D eigenvalue weighted by Crippen LogP contribution is -2.28. The van der Waals surface area contributed by atoms with Crippen molar-refractivity contribution in [1.29, 1.82) is 0 Å². The highest BCUT2D eigenvalue weighted by Gasteiger charge is 2.25. The van der Waals surface area contributed by atoms with Gasteiger partial charge in [0.15, 0.2) is 0 Å².